The van der Waals surface area contributed by atoms with Crippen molar-refractivity contribution in [2.45, 2.75) is 57.4 Å². The molecule has 1 saturated carbocycles. The van der Waals surface area contributed by atoms with Gasteiger partial charge in [0.15, 0.2) is 0 Å². The van der Waals surface area contributed by atoms with Gasteiger partial charge in [0.1, 0.15) is 0 Å². The fourth-order valence-electron chi connectivity index (χ4n) is 2.12. The van der Waals surface area contributed by atoms with E-state index in [0.29, 0.717) is 0 Å². The Labute approximate surface area is 103 Å². The standard InChI is InChI=1S/C11H21NO4S/c13-11(14)8-5-9-17(15,16)12-10-6-3-1-2-4-7-10/h10,12H,1-9H2,(H,13,14). The Morgan fingerprint density at radius 2 is 1.76 bits per heavy atom. The van der Waals surface area contributed by atoms with Crippen molar-refractivity contribution >= 4 is 16.0 Å². The van der Waals surface area contributed by atoms with Gasteiger partial charge in [-0.3, -0.25) is 4.79 Å². The van der Waals surface area contributed by atoms with Crippen molar-refractivity contribution in [1.82, 2.24) is 4.72 Å². The third kappa shape index (κ3) is 6.63. The SMILES string of the molecule is O=C(O)CCCS(=O)(=O)NC1CCCCCC1. The molecule has 0 unspecified atom stereocenters. The number of nitrogens with one attached hydrogen (secondary N) is 1. The van der Waals surface area contributed by atoms with Crippen LogP contribution in [0.15, 0.2) is 0 Å². The Hall–Kier alpha value is -0.620. The molecule has 1 aliphatic carbocycles. The molecular formula is C11H21NO4S. The Morgan fingerprint density at radius 3 is 2.29 bits per heavy atom. The van der Waals surface area contributed by atoms with Gasteiger partial charge in [0.25, 0.3) is 0 Å². The number of rotatable bonds is 6. The second-order valence-corrected chi connectivity index (χ2v) is 6.50. The average Bonchev–Trinajstić information content (AvgIpc) is 2.44. The lowest BCUT2D eigenvalue weighted by Crippen LogP contribution is -2.36. The molecule has 0 aromatic carbocycles. The third-order valence-electron chi connectivity index (χ3n) is 3.01. The summed E-state index contributed by atoms with van der Waals surface area (Å²) in [4.78, 5) is 10.3. The van der Waals surface area contributed by atoms with Gasteiger partial charge in [-0.1, -0.05) is 25.7 Å². The Kier molecular flexibility index (Phi) is 5.91. The molecule has 0 aromatic heterocycles. The van der Waals surface area contributed by atoms with Gasteiger partial charge in [0.05, 0.1) is 5.75 Å². The first-order valence-electron chi connectivity index (χ1n) is 6.21. The van der Waals surface area contributed by atoms with Crippen LogP contribution in [0.3, 0.4) is 0 Å². The highest BCUT2D eigenvalue weighted by molar-refractivity contribution is 7.89. The first kappa shape index (κ1) is 14.4. The van der Waals surface area contributed by atoms with E-state index >= 15 is 0 Å². The predicted molar refractivity (Wildman–Crippen MR) is 65.3 cm³/mol. The highest BCUT2D eigenvalue weighted by Gasteiger charge is 2.19. The molecule has 100 valence electrons. The first-order valence-corrected chi connectivity index (χ1v) is 7.86. The summed E-state index contributed by atoms with van der Waals surface area (Å²) in [5.74, 6) is -1.04. The lowest BCUT2D eigenvalue weighted by Gasteiger charge is -2.16. The zero-order chi connectivity index (χ0) is 12.7. The number of aliphatic carboxylic acids is 1. The van der Waals surface area contributed by atoms with Gasteiger partial charge >= 0.3 is 5.97 Å². The van der Waals surface area contributed by atoms with Crippen molar-refractivity contribution in [2.75, 3.05) is 5.75 Å². The van der Waals surface area contributed by atoms with E-state index in [9.17, 15) is 13.2 Å². The zero-order valence-electron chi connectivity index (χ0n) is 10.0. The van der Waals surface area contributed by atoms with Crippen molar-refractivity contribution in [1.29, 1.82) is 0 Å². The molecule has 0 amide bonds. The van der Waals surface area contributed by atoms with E-state index in [-0.39, 0.29) is 24.6 Å². The maximum atomic E-state index is 11.7. The normalized spacial score (nSPS) is 18.8. The van der Waals surface area contributed by atoms with Crippen molar-refractivity contribution in [2.24, 2.45) is 0 Å². The number of carboxylic acids is 1. The molecule has 0 bridgehead atoms. The van der Waals surface area contributed by atoms with Crippen LogP contribution in [0.5, 0.6) is 0 Å². The highest BCUT2D eigenvalue weighted by Crippen LogP contribution is 2.17. The molecule has 2 N–H and O–H groups in total. The van der Waals surface area contributed by atoms with E-state index in [1.54, 1.807) is 0 Å². The fraction of sp³-hybridized carbons (Fsp3) is 0.909. The molecule has 1 fully saturated rings. The van der Waals surface area contributed by atoms with Crippen molar-refractivity contribution in [3.05, 3.63) is 0 Å². The molecule has 5 nitrogen and oxygen atoms in total. The van der Waals surface area contributed by atoms with Crippen LogP contribution in [0.2, 0.25) is 0 Å². The molecule has 0 spiro atoms. The second kappa shape index (κ2) is 6.96. The predicted octanol–water partition coefficient (Wildman–Crippen LogP) is 1.49. The minimum atomic E-state index is -3.31. The average molecular weight is 263 g/mol. The van der Waals surface area contributed by atoms with Gasteiger partial charge in [-0.15, -0.1) is 0 Å². The van der Waals surface area contributed by atoms with Crippen LogP contribution in [0, 0.1) is 0 Å². The van der Waals surface area contributed by atoms with Crippen LogP contribution in [0.4, 0.5) is 0 Å². The lowest BCUT2D eigenvalue weighted by molar-refractivity contribution is -0.137. The maximum absolute atomic E-state index is 11.7. The summed E-state index contributed by atoms with van der Waals surface area (Å²) in [6, 6.07) is 0.0485. The zero-order valence-corrected chi connectivity index (χ0v) is 10.8. The summed E-state index contributed by atoms with van der Waals surface area (Å²) in [6.45, 7) is 0. The second-order valence-electron chi connectivity index (χ2n) is 4.62. The van der Waals surface area contributed by atoms with Crippen LogP contribution in [-0.4, -0.2) is 31.3 Å². The first-order chi connectivity index (χ1) is 7.99. The van der Waals surface area contributed by atoms with E-state index < -0.39 is 16.0 Å². The molecule has 1 rings (SSSR count). The third-order valence-corrected chi connectivity index (χ3v) is 4.52. The quantitative estimate of drug-likeness (QED) is 0.711. The minimum Gasteiger partial charge on any atom is -0.481 e. The molecule has 0 heterocycles. The van der Waals surface area contributed by atoms with E-state index in [2.05, 4.69) is 4.72 Å². The molecular weight excluding hydrogens is 242 g/mol. The maximum Gasteiger partial charge on any atom is 0.303 e. The van der Waals surface area contributed by atoms with E-state index in [1.807, 2.05) is 0 Å². The fourth-order valence-corrected chi connectivity index (χ4v) is 3.51. The van der Waals surface area contributed by atoms with Crippen LogP contribution in [0.25, 0.3) is 0 Å². The molecule has 6 heteroatoms. The number of hydrogen-bond acceptors (Lipinski definition) is 3. The van der Waals surface area contributed by atoms with E-state index in [1.165, 1.54) is 12.8 Å². The summed E-state index contributed by atoms with van der Waals surface area (Å²) in [6.07, 6.45) is 6.39. The molecule has 0 radical (unpaired) electrons. The van der Waals surface area contributed by atoms with E-state index in [4.69, 9.17) is 5.11 Å². The topological polar surface area (TPSA) is 83.5 Å². The molecule has 17 heavy (non-hydrogen) atoms. The lowest BCUT2D eigenvalue weighted by atomic mass is 10.1. The molecule has 0 saturated heterocycles. The summed E-state index contributed by atoms with van der Waals surface area (Å²) in [7, 11) is -3.31. The van der Waals surface area contributed by atoms with Crippen LogP contribution in [0.1, 0.15) is 51.4 Å². The van der Waals surface area contributed by atoms with E-state index in [0.717, 1.165) is 25.7 Å². The highest BCUT2D eigenvalue weighted by atomic mass is 32.2. The largest absolute Gasteiger partial charge is 0.481 e. The van der Waals surface area contributed by atoms with Gasteiger partial charge in [-0.05, 0) is 19.3 Å². The summed E-state index contributed by atoms with van der Waals surface area (Å²) in [5, 5.41) is 8.45. The van der Waals surface area contributed by atoms with Gasteiger partial charge < -0.3 is 5.11 Å². The number of carboxylic acid groups (broad SMARTS) is 1. The summed E-state index contributed by atoms with van der Waals surface area (Å²) in [5.41, 5.74) is 0. The number of carbonyl (C=O) groups is 1. The Morgan fingerprint density at radius 1 is 1.18 bits per heavy atom. The van der Waals surface area contributed by atoms with Gasteiger partial charge in [0.2, 0.25) is 10.0 Å². The summed E-state index contributed by atoms with van der Waals surface area (Å²) >= 11 is 0. The Bertz CT molecular complexity index is 331. The monoisotopic (exact) mass is 263 g/mol. The molecule has 0 aliphatic heterocycles. The molecule has 1 aliphatic rings. The summed E-state index contributed by atoms with van der Waals surface area (Å²) < 4.78 is 26.1. The minimum absolute atomic E-state index is 0.0485. The number of sulfonamides is 1. The van der Waals surface area contributed by atoms with Gasteiger partial charge in [-0.25, -0.2) is 13.1 Å². The van der Waals surface area contributed by atoms with Gasteiger partial charge in [-0.2, -0.15) is 0 Å². The smallest absolute Gasteiger partial charge is 0.303 e. The van der Waals surface area contributed by atoms with Crippen LogP contribution in [-0.2, 0) is 14.8 Å². The van der Waals surface area contributed by atoms with Crippen molar-refractivity contribution in [3.63, 3.8) is 0 Å². The van der Waals surface area contributed by atoms with Crippen molar-refractivity contribution < 1.29 is 18.3 Å². The van der Waals surface area contributed by atoms with Crippen molar-refractivity contribution in [3.8, 4) is 0 Å². The molecule has 0 atom stereocenters. The molecule has 0 aromatic rings. The Balaban J connectivity index is 2.34. The van der Waals surface area contributed by atoms with Crippen LogP contribution >= 0.6 is 0 Å². The number of hydrogen-bond donors (Lipinski definition) is 2. The van der Waals surface area contributed by atoms with Gasteiger partial charge in [0, 0.05) is 12.5 Å². The van der Waals surface area contributed by atoms with Crippen LogP contribution < -0.4 is 4.72 Å².